The fourth-order valence-corrected chi connectivity index (χ4v) is 5.60. The molecule has 206 valence electrons. The van der Waals surface area contributed by atoms with E-state index >= 15 is 0 Å². The quantitative estimate of drug-likeness (QED) is 0.267. The molecule has 2 aromatic carbocycles. The molecule has 2 fully saturated rings. The minimum Gasteiger partial charge on any atom is -0.496 e. The average Bonchev–Trinajstić information content (AvgIpc) is 3.60. The van der Waals surface area contributed by atoms with Gasteiger partial charge < -0.3 is 29.1 Å². The zero-order chi connectivity index (χ0) is 27.9. The van der Waals surface area contributed by atoms with Gasteiger partial charge in [0.1, 0.15) is 35.2 Å². The largest absolute Gasteiger partial charge is 0.496 e. The van der Waals surface area contributed by atoms with Gasteiger partial charge in [-0.15, -0.1) is 0 Å². The highest BCUT2D eigenvalue weighted by atomic mass is 35.5. The van der Waals surface area contributed by atoms with Crippen molar-refractivity contribution in [3.63, 3.8) is 0 Å². The minimum absolute atomic E-state index is 0.0963. The summed E-state index contributed by atoms with van der Waals surface area (Å²) in [6, 6.07) is 14.5. The summed E-state index contributed by atoms with van der Waals surface area (Å²) < 4.78 is 17.5. The Hall–Kier alpha value is -4.08. The molecule has 1 atom stereocenters. The predicted octanol–water partition coefficient (Wildman–Crippen LogP) is 5.65. The lowest BCUT2D eigenvalue weighted by molar-refractivity contribution is 0.0607. The molecule has 1 aliphatic carbocycles. The van der Waals surface area contributed by atoms with E-state index in [2.05, 4.69) is 10.1 Å². The fourth-order valence-electron chi connectivity index (χ4n) is 5.25. The summed E-state index contributed by atoms with van der Waals surface area (Å²) in [6.07, 6.45) is 5.44. The summed E-state index contributed by atoms with van der Waals surface area (Å²) in [7, 11) is 1.63. The molecule has 2 aliphatic rings. The molecule has 2 aromatic heterocycles. The number of pyridine rings is 1. The number of hydrogen-bond donors (Lipinski definition) is 2. The van der Waals surface area contributed by atoms with Gasteiger partial charge in [-0.1, -0.05) is 35.0 Å². The second-order valence-electron chi connectivity index (χ2n) is 10.2. The highest BCUT2D eigenvalue weighted by Gasteiger charge is 2.40. The number of methoxy groups -OCH3 is 1. The van der Waals surface area contributed by atoms with Crippen LogP contribution in [0.5, 0.6) is 11.5 Å². The van der Waals surface area contributed by atoms with Crippen LogP contribution in [0.3, 0.4) is 0 Å². The average molecular weight is 562 g/mol. The van der Waals surface area contributed by atoms with Crippen LogP contribution in [0.2, 0.25) is 5.02 Å². The Morgan fingerprint density at radius 2 is 2.02 bits per heavy atom. The number of aromatic carboxylic acids is 1. The maximum atomic E-state index is 11.5. The van der Waals surface area contributed by atoms with Crippen LogP contribution in [0, 0.1) is 0 Å². The topological polar surface area (TPSA) is 118 Å². The molecule has 6 rings (SSSR count). The van der Waals surface area contributed by atoms with Gasteiger partial charge in [0.25, 0.3) is 0 Å². The molecule has 1 aliphatic heterocycles. The normalized spacial score (nSPS) is 18.6. The SMILES string of the molecule is COc1ccccc1-c1noc(C2CC2)c1COc1ccc(C2(O)CCN(c3cncc(C(=O)O)c3)C2)c(Cl)c1. The van der Waals surface area contributed by atoms with Gasteiger partial charge in [0.2, 0.25) is 0 Å². The summed E-state index contributed by atoms with van der Waals surface area (Å²) in [5, 5.41) is 25.6. The fraction of sp³-hybridized carbons (Fsp3) is 0.300. The summed E-state index contributed by atoms with van der Waals surface area (Å²) in [6.45, 7) is 1.02. The number of β-amino-alcohol motifs (C(OH)–C–C–N with tert-alkyl or cyclic N) is 1. The molecule has 9 nitrogen and oxygen atoms in total. The lowest BCUT2D eigenvalue weighted by Gasteiger charge is -2.26. The van der Waals surface area contributed by atoms with Crippen molar-refractivity contribution in [1.82, 2.24) is 10.1 Å². The number of carboxylic acid groups (broad SMARTS) is 1. The third-order valence-corrected chi connectivity index (χ3v) is 7.85. The van der Waals surface area contributed by atoms with Crippen molar-refractivity contribution in [2.75, 3.05) is 25.1 Å². The zero-order valence-electron chi connectivity index (χ0n) is 21.8. The molecule has 40 heavy (non-hydrogen) atoms. The van der Waals surface area contributed by atoms with Crippen LogP contribution < -0.4 is 14.4 Å². The molecule has 1 saturated heterocycles. The number of carboxylic acids is 1. The van der Waals surface area contributed by atoms with Crippen molar-refractivity contribution in [2.24, 2.45) is 0 Å². The second-order valence-corrected chi connectivity index (χ2v) is 10.6. The molecular weight excluding hydrogens is 534 g/mol. The number of para-hydroxylation sites is 1. The first-order chi connectivity index (χ1) is 19.4. The molecule has 1 saturated carbocycles. The van der Waals surface area contributed by atoms with Gasteiger partial charge in [0, 0.05) is 29.8 Å². The first kappa shape index (κ1) is 26.2. The molecule has 1 unspecified atom stereocenters. The minimum atomic E-state index is -1.21. The third kappa shape index (κ3) is 4.98. The van der Waals surface area contributed by atoms with Gasteiger partial charge in [-0.2, -0.15) is 0 Å². The van der Waals surface area contributed by atoms with E-state index in [-0.39, 0.29) is 18.7 Å². The van der Waals surface area contributed by atoms with E-state index in [0.29, 0.717) is 52.3 Å². The Bertz CT molecular complexity index is 1570. The van der Waals surface area contributed by atoms with Gasteiger partial charge in [-0.25, -0.2) is 4.79 Å². The van der Waals surface area contributed by atoms with Crippen molar-refractivity contribution in [3.8, 4) is 22.8 Å². The van der Waals surface area contributed by atoms with E-state index in [1.807, 2.05) is 29.2 Å². The second kappa shape index (κ2) is 10.5. The lowest BCUT2D eigenvalue weighted by atomic mass is 9.93. The Morgan fingerprint density at radius 3 is 2.77 bits per heavy atom. The van der Waals surface area contributed by atoms with Crippen LogP contribution in [0.15, 0.2) is 65.4 Å². The molecule has 3 heterocycles. The number of benzene rings is 2. The Morgan fingerprint density at radius 1 is 1.20 bits per heavy atom. The van der Waals surface area contributed by atoms with E-state index in [9.17, 15) is 15.0 Å². The van der Waals surface area contributed by atoms with Crippen LogP contribution in [-0.4, -0.2) is 46.5 Å². The molecule has 2 N–H and O–H groups in total. The van der Waals surface area contributed by atoms with Crippen molar-refractivity contribution < 1.29 is 29.0 Å². The highest BCUT2D eigenvalue weighted by Crippen LogP contribution is 2.45. The number of anilines is 1. The zero-order valence-corrected chi connectivity index (χ0v) is 22.6. The van der Waals surface area contributed by atoms with E-state index in [4.69, 9.17) is 25.6 Å². The molecule has 0 spiro atoms. The highest BCUT2D eigenvalue weighted by molar-refractivity contribution is 6.31. The van der Waals surface area contributed by atoms with E-state index in [0.717, 1.165) is 29.7 Å². The smallest absolute Gasteiger partial charge is 0.337 e. The van der Waals surface area contributed by atoms with E-state index in [1.54, 1.807) is 37.6 Å². The van der Waals surface area contributed by atoms with Gasteiger partial charge in [-0.3, -0.25) is 4.98 Å². The van der Waals surface area contributed by atoms with Crippen LogP contribution in [0.25, 0.3) is 11.3 Å². The Kier molecular flexibility index (Phi) is 6.85. The van der Waals surface area contributed by atoms with Gasteiger partial charge in [0.15, 0.2) is 0 Å². The van der Waals surface area contributed by atoms with Gasteiger partial charge >= 0.3 is 5.97 Å². The number of ether oxygens (including phenoxy) is 2. The summed E-state index contributed by atoms with van der Waals surface area (Å²) in [4.78, 5) is 17.3. The number of aliphatic hydroxyl groups is 1. The van der Waals surface area contributed by atoms with Crippen LogP contribution in [0.4, 0.5) is 5.69 Å². The van der Waals surface area contributed by atoms with Crippen LogP contribution in [0.1, 0.15) is 52.4 Å². The van der Waals surface area contributed by atoms with Gasteiger partial charge in [0.05, 0.1) is 41.7 Å². The first-order valence-corrected chi connectivity index (χ1v) is 13.4. The van der Waals surface area contributed by atoms with Gasteiger partial charge in [-0.05, 0) is 49.6 Å². The first-order valence-electron chi connectivity index (χ1n) is 13.1. The molecular formula is C30H28ClN3O6. The maximum Gasteiger partial charge on any atom is 0.337 e. The molecule has 4 aromatic rings. The number of hydrogen-bond acceptors (Lipinski definition) is 8. The number of aromatic nitrogens is 2. The lowest BCUT2D eigenvalue weighted by Crippen LogP contribution is -2.31. The number of nitrogens with zero attached hydrogens (tertiary/aromatic N) is 3. The Labute approximate surface area is 235 Å². The standard InChI is InChI=1S/C30H28ClN3O6/c1-38-26-5-3-2-4-22(26)27-23(28(40-33-27)18-6-7-18)16-39-21-8-9-24(25(31)13-21)30(37)10-11-34(17-30)20-12-19(29(35)36)14-32-15-20/h2-5,8-9,12-15,18,37H,6-7,10-11,16-17H2,1H3,(H,35,36). The number of rotatable bonds is 9. The summed E-state index contributed by atoms with van der Waals surface area (Å²) in [5.41, 5.74) is 2.53. The van der Waals surface area contributed by atoms with E-state index < -0.39 is 11.6 Å². The number of halogens is 1. The van der Waals surface area contributed by atoms with Crippen molar-refractivity contribution >= 4 is 23.3 Å². The number of carbonyl (C=O) groups is 1. The summed E-state index contributed by atoms with van der Waals surface area (Å²) >= 11 is 6.68. The predicted molar refractivity (Wildman–Crippen MR) is 148 cm³/mol. The molecule has 0 amide bonds. The molecule has 0 radical (unpaired) electrons. The van der Waals surface area contributed by atoms with Crippen molar-refractivity contribution in [3.05, 3.63) is 88.4 Å². The van der Waals surface area contributed by atoms with Crippen molar-refractivity contribution in [1.29, 1.82) is 0 Å². The third-order valence-electron chi connectivity index (χ3n) is 7.54. The summed E-state index contributed by atoms with van der Waals surface area (Å²) in [5.74, 6) is 1.39. The Balaban J connectivity index is 1.20. The molecule has 0 bridgehead atoms. The van der Waals surface area contributed by atoms with E-state index in [1.165, 1.54) is 6.20 Å². The van der Waals surface area contributed by atoms with Crippen molar-refractivity contribution in [2.45, 2.75) is 37.4 Å². The van der Waals surface area contributed by atoms with Crippen LogP contribution >= 0.6 is 11.6 Å². The monoisotopic (exact) mass is 561 g/mol. The maximum absolute atomic E-state index is 11.5. The van der Waals surface area contributed by atoms with Crippen LogP contribution in [-0.2, 0) is 12.2 Å². The molecule has 10 heteroatoms.